The standard InChI is InChI=1S/C15H8BrF2N3O3/c1-6-8(16)5-20-15-11(6)7(4-19-15)14(22)12-9(17)2-3-10(13(12)18)21(23)24/h2-5H,1H3,(H,19,20). The molecule has 0 aliphatic heterocycles. The maximum absolute atomic E-state index is 14.3. The minimum Gasteiger partial charge on any atom is -0.345 e. The summed E-state index contributed by atoms with van der Waals surface area (Å²) in [4.78, 5) is 29.3. The van der Waals surface area contributed by atoms with E-state index in [0.717, 1.165) is 0 Å². The average Bonchev–Trinajstić information content (AvgIpc) is 2.95. The lowest BCUT2D eigenvalue weighted by Crippen LogP contribution is -2.09. The summed E-state index contributed by atoms with van der Waals surface area (Å²) in [5.74, 6) is -3.67. The first-order valence-electron chi connectivity index (χ1n) is 6.62. The second kappa shape index (κ2) is 5.75. The maximum atomic E-state index is 14.3. The van der Waals surface area contributed by atoms with Gasteiger partial charge in [-0.25, -0.2) is 9.37 Å². The predicted octanol–water partition coefficient (Wildman–Crippen LogP) is 4.05. The number of H-pyrrole nitrogens is 1. The van der Waals surface area contributed by atoms with E-state index in [-0.39, 0.29) is 5.56 Å². The molecule has 0 saturated carbocycles. The van der Waals surface area contributed by atoms with Crippen molar-refractivity contribution in [2.45, 2.75) is 6.92 Å². The van der Waals surface area contributed by atoms with E-state index in [1.165, 1.54) is 12.4 Å². The van der Waals surface area contributed by atoms with Gasteiger partial charge < -0.3 is 4.98 Å². The van der Waals surface area contributed by atoms with Gasteiger partial charge in [0.1, 0.15) is 17.0 Å². The van der Waals surface area contributed by atoms with Gasteiger partial charge >= 0.3 is 5.69 Å². The van der Waals surface area contributed by atoms with Crippen molar-refractivity contribution in [2.24, 2.45) is 0 Å². The number of carbonyl (C=O) groups is 1. The Kier molecular flexibility index (Phi) is 3.88. The van der Waals surface area contributed by atoms with Crippen LogP contribution in [0.1, 0.15) is 21.5 Å². The fourth-order valence-corrected chi connectivity index (χ4v) is 2.74. The van der Waals surface area contributed by atoms with E-state index in [2.05, 4.69) is 25.9 Å². The van der Waals surface area contributed by atoms with Gasteiger partial charge in [-0.2, -0.15) is 4.39 Å². The molecule has 0 radical (unpaired) electrons. The summed E-state index contributed by atoms with van der Waals surface area (Å²) < 4.78 is 28.9. The van der Waals surface area contributed by atoms with E-state index in [9.17, 15) is 23.7 Å². The zero-order chi connectivity index (χ0) is 17.6. The van der Waals surface area contributed by atoms with Crippen LogP contribution in [0.5, 0.6) is 0 Å². The third-order valence-electron chi connectivity index (χ3n) is 3.64. The molecular weight excluding hydrogens is 388 g/mol. The molecular formula is C15H8BrF2N3O3. The molecule has 0 atom stereocenters. The van der Waals surface area contributed by atoms with E-state index in [0.29, 0.717) is 33.2 Å². The summed E-state index contributed by atoms with van der Waals surface area (Å²) in [6.45, 7) is 1.71. The first-order chi connectivity index (χ1) is 11.3. The maximum Gasteiger partial charge on any atom is 0.305 e. The molecule has 0 unspecified atom stereocenters. The molecule has 6 nitrogen and oxygen atoms in total. The van der Waals surface area contributed by atoms with E-state index >= 15 is 0 Å². The fourth-order valence-electron chi connectivity index (χ4n) is 2.44. The monoisotopic (exact) mass is 395 g/mol. The first-order valence-corrected chi connectivity index (χ1v) is 7.41. The van der Waals surface area contributed by atoms with Crippen molar-refractivity contribution in [3.8, 4) is 0 Å². The SMILES string of the molecule is Cc1c(Br)cnc2[nH]cc(C(=O)c3c(F)ccc([N+](=O)[O-])c3F)c12. The van der Waals surface area contributed by atoms with Gasteiger partial charge in [-0.3, -0.25) is 14.9 Å². The quantitative estimate of drug-likeness (QED) is 0.411. The molecule has 122 valence electrons. The van der Waals surface area contributed by atoms with Gasteiger partial charge in [0.25, 0.3) is 0 Å². The number of hydrogen-bond acceptors (Lipinski definition) is 4. The van der Waals surface area contributed by atoms with Crippen LogP contribution in [0.15, 0.2) is 29.0 Å². The minimum absolute atomic E-state index is 0.0189. The molecule has 0 spiro atoms. The highest BCUT2D eigenvalue weighted by molar-refractivity contribution is 9.10. The second-order valence-corrected chi connectivity index (χ2v) is 5.85. The van der Waals surface area contributed by atoms with Gasteiger partial charge in [-0.15, -0.1) is 0 Å². The Hall–Kier alpha value is -2.68. The number of nitrogens with zero attached hydrogens (tertiary/aromatic N) is 2. The third-order valence-corrected chi connectivity index (χ3v) is 4.44. The molecule has 0 fully saturated rings. The molecule has 3 aromatic rings. The minimum atomic E-state index is -1.50. The van der Waals surface area contributed by atoms with E-state index in [4.69, 9.17) is 0 Å². The topological polar surface area (TPSA) is 88.9 Å². The Morgan fingerprint density at radius 1 is 1.38 bits per heavy atom. The summed E-state index contributed by atoms with van der Waals surface area (Å²) in [6.07, 6.45) is 2.80. The van der Waals surface area contributed by atoms with Gasteiger partial charge in [-0.05, 0) is 34.5 Å². The van der Waals surface area contributed by atoms with Gasteiger partial charge in [-0.1, -0.05) is 0 Å². The van der Waals surface area contributed by atoms with Crippen molar-refractivity contribution >= 4 is 38.4 Å². The molecule has 0 aliphatic rings. The van der Waals surface area contributed by atoms with Crippen molar-refractivity contribution in [3.05, 3.63) is 67.4 Å². The van der Waals surface area contributed by atoms with Crippen molar-refractivity contribution in [2.75, 3.05) is 0 Å². The molecule has 0 bridgehead atoms. The molecule has 2 aromatic heterocycles. The predicted molar refractivity (Wildman–Crippen MR) is 85.0 cm³/mol. The number of nitro groups is 1. The van der Waals surface area contributed by atoms with Crippen LogP contribution < -0.4 is 0 Å². The van der Waals surface area contributed by atoms with Crippen molar-refractivity contribution < 1.29 is 18.5 Å². The summed E-state index contributed by atoms with van der Waals surface area (Å²) in [5.41, 5.74) is -0.934. The van der Waals surface area contributed by atoms with Crippen LogP contribution in [-0.4, -0.2) is 20.7 Å². The highest BCUT2D eigenvalue weighted by Crippen LogP contribution is 2.31. The zero-order valence-corrected chi connectivity index (χ0v) is 13.6. The molecule has 0 amide bonds. The number of aryl methyl sites for hydroxylation is 1. The average molecular weight is 396 g/mol. The van der Waals surface area contributed by atoms with Crippen molar-refractivity contribution in [3.63, 3.8) is 0 Å². The number of rotatable bonds is 3. The van der Waals surface area contributed by atoms with Crippen LogP contribution in [0.4, 0.5) is 14.5 Å². The molecule has 24 heavy (non-hydrogen) atoms. The molecule has 3 rings (SSSR count). The van der Waals surface area contributed by atoms with Crippen LogP contribution in [0.3, 0.4) is 0 Å². The summed E-state index contributed by atoms with van der Waals surface area (Å²) in [6, 6.07) is 1.38. The van der Waals surface area contributed by atoms with Crippen LogP contribution in [0.2, 0.25) is 0 Å². The number of benzene rings is 1. The lowest BCUT2D eigenvalue weighted by atomic mass is 10.00. The molecule has 0 aliphatic carbocycles. The number of pyridine rings is 1. The first kappa shape index (κ1) is 16.2. The van der Waals surface area contributed by atoms with E-state index < -0.39 is 33.6 Å². The lowest BCUT2D eigenvalue weighted by Gasteiger charge is -2.06. The molecule has 2 heterocycles. The van der Waals surface area contributed by atoms with Crippen LogP contribution in [0.25, 0.3) is 11.0 Å². The summed E-state index contributed by atoms with van der Waals surface area (Å²) in [5, 5.41) is 11.2. The number of halogens is 3. The second-order valence-electron chi connectivity index (χ2n) is 5.00. The van der Waals surface area contributed by atoms with E-state index in [1.54, 1.807) is 6.92 Å². The number of carbonyl (C=O) groups excluding carboxylic acids is 1. The number of fused-ring (bicyclic) bond motifs is 1. The Morgan fingerprint density at radius 3 is 2.75 bits per heavy atom. The summed E-state index contributed by atoms with van der Waals surface area (Å²) in [7, 11) is 0. The third kappa shape index (κ3) is 2.37. The Morgan fingerprint density at radius 2 is 2.08 bits per heavy atom. The highest BCUT2D eigenvalue weighted by atomic mass is 79.9. The Balaban J connectivity index is 2.27. The summed E-state index contributed by atoms with van der Waals surface area (Å²) >= 11 is 3.28. The normalized spacial score (nSPS) is 11.0. The van der Waals surface area contributed by atoms with Gasteiger partial charge in [0.05, 0.1) is 10.5 Å². The molecule has 1 aromatic carbocycles. The van der Waals surface area contributed by atoms with Crippen LogP contribution >= 0.6 is 15.9 Å². The number of nitro benzene ring substituents is 1. The zero-order valence-electron chi connectivity index (χ0n) is 12.1. The number of ketones is 1. The fraction of sp³-hybridized carbons (Fsp3) is 0.0667. The van der Waals surface area contributed by atoms with Crippen LogP contribution in [-0.2, 0) is 0 Å². The number of nitrogens with one attached hydrogen (secondary N) is 1. The number of aromatic amines is 1. The lowest BCUT2D eigenvalue weighted by molar-refractivity contribution is -0.387. The molecule has 9 heteroatoms. The van der Waals surface area contributed by atoms with Crippen molar-refractivity contribution in [1.82, 2.24) is 9.97 Å². The largest absolute Gasteiger partial charge is 0.345 e. The smallest absolute Gasteiger partial charge is 0.305 e. The number of aromatic nitrogens is 2. The number of hydrogen-bond donors (Lipinski definition) is 1. The van der Waals surface area contributed by atoms with Crippen LogP contribution in [0, 0.1) is 28.7 Å². The van der Waals surface area contributed by atoms with Gasteiger partial charge in [0, 0.05) is 28.3 Å². The van der Waals surface area contributed by atoms with Gasteiger partial charge in [0.2, 0.25) is 11.6 Å². The van der Waals surface area contributed by atoms with E-state index in [1.807, 2.05) is 0 Å². The highest BCUT2D eigenvalue weighted by Gasteiger charge is 2.28. The van der Waals surface area contributed by atoms with Crippen molar-refractivity contribution in [1.29, 1.82) is 0 Å². The van der Waals surface area contributed by atoms with Gasteiger partial charge in [0.15, 0.2) is 0 Å². The Bertz CT molecular complexity index is 1020. The molecule has 0 saturated heterocycles. The molecule has 1 N–H and O–H groups in total. The Labute approximate surface area is 141 Å².